The summed E-state index contributed by atoms with van der Waals surface area (Å²) in [6, 6.07) is 0. The zero-order chi connectivity index (χ0) is 4.99. The Morgan fingerprint density at radius 3 is 2.00 bits per heavy atom. The van der Waals surface area contributed by atoms with Gasteiger partial charge in [0.25, 0.3) is 0 Å². The molecule has 0 aromatic heterocycles. The molecule has 2 nitrogen and oxygen atoms in total. The Labute approximate surface area is 67.8 Å². The molecule has 4 heteroatoms. The minimum absolute atomic E-state index is 0. The molecule has 0 spiro atoms. The summed E-state index contributed by atoms with van der Waals surface area (Å²) in [7, 11) is 2.33. The molecule has 0 bridgehead atoms. The van der Waals surface area contributed by atoms with E-state index in [1.54, 1.807) is 0 Å². The van der Waals surface area contributed by atoms with E-state index >= 15 is 0 Å². The van der Waals surface area contributed by atoms with E-state index in [1.165, 1.54) is 0 Å². The summed E-state index contributed by atoms with van der Waals surface area (Å²) in [4.78, 5) is 0. The fraction of sp³-hybridized carbons (Fsp3) is 1.00. The van der Waals surface area contributed by atoms with Gasteiger partial charge in [0.05, 0.1) is 12.7 Å². The van der Waals surface area contributed by atoms with Gasteiger partial charge in [-0.25, -0.2) is 0 Å². The molecular weight excluding hydrogens is 122 g/mol. The van der Waals surface area contributed by atoms with E-state index in [0.29, 0.717) is 6.16 Å². The van der Waals surface area contributed by atoms with Gasteiger partial charge in [0.2, 0.25) is 0 Å². The molecule has 2 unspecified atom stereocenters. The van der Waals surface area contributed by atoms with Crippen molar-refractivity contribution in [3.63, 3.8) is 0 Å². The SMILES string of the molecule is OCC(O)CP.[NaH]. The van der Waals surface area contributed by atoms with E-state index < -0.39 is 6.10 Å². The van der Waals surface area contributed by atoms with Crippen molar-refractivity contribution in [1.29, 1.82) is 0 Å². The molecule has 0 fully saturated rings. The van der Waals surface area contributed by atoms with Crippen LogP contribution in [0.3, 0.4) is 0 Å². The van der Waals surface area contributed by atoms with Gasteiger partial charge in [0, 0.05) is 0 Å². The van der Waals surface area contributed by atoms with Gasteiger partial charge < -0.3 is 10.2 Å². The van der Waals surface area contributed by atoms with Crippen molar-refractivity contribution in [3.05, 3.63) is 0 Å². The van der Waals surface area contributed by atoms with E-state index in [-0.39, 0.29) is 36.2 Å². The molecule has 0 heterocycles. The van der Waals surface area contributed by atoms with Crippen molar-refractivity contribution >= 4 is 38.8 Å². The Bertz CT molecular complexity index is 32.1. The first-order chi connectivity index (χ1) is 2.81. The predicted molar refractivity (Wildman–Crippen MR) is 34.8 cm³/mol. The Morgan fingerprint density at radius 1 is 1.57 bits per heavy atom. The average Bonchev–Trinajstić information content (AvgIpc) is 1.65. The van der Waals surface area contributed by atoms with Crippen LogP contribution in [0, 0.1) is 0 Å². The number of aliphatic hydroxyl groups excluding tert-OH is 2. The van der Waals surface area contributed by atoms with Gasteiger partial charge >= 0.3 is 29.6 Å². The number of hydrogen-bond acceptors (Lipinski definition) is 2. The predicted octanol–water partition coefficient (Wildman–Crippen LogP) is -1.43. The van der Waals surface area contributed by atoms with Crippen LogP contribution in [0.4, 0.5) is 0 Å². The molecule has 2 atom stereocenters. The van der Waals surface area contributed by atoms with Gasteiger partial charge in [0.1, 0.15) is 0 Å². The molecular formula is C3H10NaO2P. The third-order valence-corrected chi connectivity index (χ3v) is 1.03. The Balaban J connectivity index is 0. The van der Waals surface area contributed by atoms with Crippen molar-refractivity contribution in [3.8, 4) is 0 Å². The van der Waals surface area contributed by atoms with E-state index in [1.807, 2.05) is 0 Å². The maximum absolute atomic E-state index is 8.40. The van der Waals surface area contributed by atoms with Gasteiger partial charge in [-0.15, -0.1) is 9.24 Å². The third kappa shape index (κ3) is 7.35. The second-order valence-electron chi connectivity index (χ2n) is 1.07. The zero-order valence-corrected chi connectivity index (χ0v) is 4.62. The molecule has 40 valence electrons. The van der Waals surface area contributed by atoms with E-state index in [4.69, 9.17) is 10.2 Å². The van der Waals surface area contributed by atoms with E-state index in [0.717, 1.165) is 0 Å². The standard InChI is InChI=1S/C3H9O2P.Na.H/c4-1-3(5)2-6;;/h3-5H,1-2,6H2;;. The fourth-order valence-corrected chi connectivity index (χ4v) is 0.224. The second kappa shape index (κ2) is 7.35. The van der Waals surface area contributed by atoms with Crippen molar-refractivity contribution in [2.75, 3.05) is 12.8 Å². The van der Waals surface area contributed by atoms with Crippen molar-refractivity contribution < 1.29 is 10.2 Å². The normalized spacial score (nSPS) is 12.4. The molecule has 0 radical (unpaired) electrons. The third-order valence-electron chi connectivity index (χ3n) is 0.483. The number of hydrogen-bond donors (Lipinski definition) is 2. The van der Waals surface area contributed by atoms with Crippen LogP contribution in [0.2, 0.25) is 0 Å². The summed E-state index contributed by atoms with van der Waals surface area (Å²) in [6.45, 7) is -0.135. The van der Waals surface area contributed by atoms with Gasteiger partial charge in [-0.2, -0.15) is 0 Å². The van der Waals surface area contributed by atoms with Crippen molar-refractivity contribution in [2.45, 2.75) is 6.10 Å². The first-order valence-electron chi connectivity index (χ1n) is 1.80. The van der Waals surface area contributed by atoms with E-state index in [2.05, 4.69) is 9.24 Å². The number of aliphatic hydroxyl groups is 2. The summed E-state index contributed by atoms with van der Waals surface area (Å²) in [6.07, 6.45) is 0.00579. The van der Waals surface area contributed by atoms with Crippen LogP contribution in [0.5, 0.6) is 0 Å². The number of rotatable bonds is 2. The van der Waals surface area contributed by atoms with Gasteiger partial charge in [0.15, 0.2) is 0 Å². The van der Waals surface area contributed by atoms with Gasteiger partial charge in [-0.3, -0.25) is 0 Å². The minimum atomic E-state index is -0.546. The first-order valence-corrected chi connectivity index (χ1v) is 2.62. The summed E-state index contributed by atoms with van der Waals surface area (Å²) >= 11 is 0. The fourth-order valence-electron chi connectivity index (χ4n) is 0.0745. The van der Waals surface area contributed by atoms with Crippen LogP contribution < -0.4 is 0 Å². The van der Waals surface area contributed by atoms with Crippen molar-refractivity contribution in [2.24, 2.45) is 0 Å². The molecule has 0 saturated carbocycles. The molecule has 0 amide bonds. The van der Waals surface area contributed by atoms with Crippen molar-refractivity contribution in [1.82, 2.24) is 0 Å². The molecule has 0 aromatic carbocycles. The maximum atomic E-state index is 8.40. The molecule has 0 aliphatic rings. The molecule has 0 aromatic rings. The monoisotopic (exact) mass is 132 g/mol. The summed E-state index contributed by atoms with van der Waals surface area (Å²) in [5.41, 5.74) is 0. The topological polar surface area (TPSA) is 40.5 Å². The quantitative estimate of drug-likeness (QED) is 0.357. The van der Waals surface area contributed by atoms with E-state index in [9.17, 15) is 0 Å². The molecule has 0 rings (SSSR count). The van der Waals surface area contributed by atoms with Crippen LogP contribution in [0.25, 0.3) is 0 Å². The van der Waals surface area contributed by atoms with Gasteiger partial charge in [-0.05, 0) is 6.16 Å². The Morgan fingerprint density at radius 2 is 2.00 bits per heavy atom. The molecule has 0 aliphatic carbocycles. The molecule has 2 N–H and O–H groups in total. The summed E-state index contributed by atoms with van der Waals surface area (Å²) in [5.74, 6) is 0. The molecule has 0 saturated heterocycles. The average molecular weight is 132 g/mol. The summed E-state index contributed by atoms with van der Waals surface area (Å²) in [5, 5.41) is 16.5. The van der Waals surface area contributed by atoms with Crippen LogP contribution in [0.15, 0.2) is 0 Å². The van der Waals surface area contributed by atoms with Crippen LogP contribution in [-0.2, 0) is 0 Å². The summed E-state index contributed by atoms with van der Waals surface area (Å²) < 4.78 is 0. The first kappa shape index (κ1) is 11.2. The molecule has 7 heavy (non-hydrogen) atoms. The Hall–Kier alpha value is 1.35. The second-order valence-corrected chi connectivity index (χ2v) is 1.54. The van der Waals surface area contributed by atoms with Crippen LogP contribution >= 0.6 is 9.24 Å². The molecule has 0 aliphatic heterocycles. The zero-order valence-electron chi connectivity index (χ0n) is 3.46. The van der Waals surface area contributed by atoms with Crippen LogP contribution in [0.1, 0.15) is 0 Å². The Kier molecular flexibility index (Phi) is 11.7. The van der Waals surface area contributed by atoms with Crippen LogP contribution in [-0.4, -0.2) is 58.6 Å². The van der Waals surface area contributed by atoms with Gasteiger partial charge in [-0.1, -0.05) is 0 Å².